The van der Waals surface area contributed by atoms with E-state index in [1.807, 2.05) is 18.2 Å². The van der Waals surface area contributed by atoms with Gasteiger partial charge in [0.25, 0.3) is 0 Å². The summed E-state index contributed by atoms with van der Waals surface area (Å²) >= 11 is 0. The van der Waals surface area contributed by atoms with Gasteiger partial charge in [-0.1, -0.05) is 98.8 Å². The van der Waals surface area contributed by atoms with Crippen LogP contribution in [0.5, 0.6) is 0 Å². The molecule has 0 saturated carbocycles. The Morgan fingerprint density at radius 1 is 0.694 bits per heavy atom. The van der Waals surface area contributed by atoms with Crippen LogP contribution in [-0.4, -0.2) is 42.4 Å². The number of aliphatic imine (C=N–C) groups is 1. The number of rotatable bonds is 2. The molecule has 0 saturated heterocycles. The van der Waals surface area contributed by atoms with E-state index >= 15 is 0 Å². The Hall–Kier alpha value is -3.35. The first kappa shape index (κ1) is 24.3. The van der Waals surface area contributed by atoms with Crippen molar-refractivity contribution in [3.63, 3.8) is 0 Å². The van der Waals surface area contributed by atoms with Crippen LogP contribution in [0.1, 0.15) is 74.0 Å². The van der Waals surface area contributed by atoms with Crippen molar-refractivity contribution in [1.82, 2.24) is 24.5 Å². The van der Waals surface area contributed by atoms with Crippen LogP contribution in [0.4, 0.5) is 5.95 Å². The highest BCUT2D eigenvalue weighted by Gasteiger charge is 2.42. The minimum Gasteiger partial charge on any atom is -0.289 e. The Morgan fingerprint density at radius 3 is 2.03 bits per heavy atom. The number of fused-ring (bicyclic) bond motifs is 2. The van der Waals surface area contributed by atoms with Gasteiger partial charge in [-0.3, -0.25) is 14.5 Å². The van der Waals surface area contributed by atoms with Gasteiger partial charge in [0.2, 0.25) is 11.9 Å². The Bertz CT molecular complexity index is 1400. The molecule has 7 heteroatoms. The maximum absolute atomic E-state index is 5.14. The number of anilines is 1. The van der Waals surface area contributed by atoms with Crippen LogP contribution in [-0.2, 0) is 10.8 Å². The quantitative estimate of drug-likeness (QED) is 0.451. The predicted molar refractivity (Wildman–Crippen MR) is 147 cm³/mol. The Balaban J connectivity index is 1.79. The monoisotopic (exact) mass is 483 g/mol. The average molecular weight is 484 g/mol. The van der Waals surface area contributed by atoms with Crippen molar-refractivity contribution in [3.8, 4) is 5.95 Å². The lowest BCUT2D eigenvalue weighted by Crippen LogP contribution is -2.45. The number of amidine groups is 1. The Kier molecular flexibility index (Phi) is 5.47. The SMILES string of the molecule is CC(C)(C)C1=NC2C=CC=CC2N1c1nc(-n2c(C(C)(C)C)nc3ccccc32)nc(C(C)(C)C)n1. The number of hydrogen-bond donors (Lipinski definition) is 0. The summed E-state index contributed by atoms with van der Waals surface area (Å²) in [6, 6.07) is 8.26. The molecule has 0 N–H and O–H groups in total. The largest absolute Gasteiger partial charge is 0.289 e. The first-order valence-electron chi connectivity index (χ1n) is 12.7. The highest BCUT2D eigenvalue weighted by molar-refractivity contribution is 6.03. The molecule has 0 fully saturated rings. The lowest BCUT2D eigenvalue weighted by molar-refractivity contribution is 0.520. The molecule has 188 valence electrons. The third-order valence-electron chi connectivity index (χ3n) is 6.48. The molecule has 0 spiro atoms. The summed E-state index contributed by atoms with van der Waals surface area (Å²) in [6.07, 6.45) is 8.51. The van der Waals surface area contributed by atoms with Gasteiger partial charge in [-0.15, -0.1) is 0 Å². The topological polar surface area (TPSA) is 72.1 Å². The number of aromatic nitrogens is 5. The molecular weight excluding hydrogens is 446 g/mol. The molecule has 0 radical (unpaired) electrons. The summed E-state index contributed by atoms with van der Waals surface area (Å²) in [5.74, 6) is 3.87. The maximum atomic E-state index is 5.14. The molecular formula is C29H37N7. The lowest BCUT2D eigenvalue weighted by Gasteiger charge is -2.33. The summed E-state index contributed by atoms with van der Waals surface area (Å²) in [4.78, 5) is 27.6. The Labute approximate surface area is 214 Å². The van der Waals surface area contributed by atoms with E-state index in [-0.39, 0.29) is 28.3 Å². The van der Waals surface area contributed by atoms with Gasteiger partial charge in [-0.25, -0.2) is 4.98 Å². The normalized spacial score (nSPS) is 20.2. The average Bonchev–Trinajstić information content (AvgIpc) is 3.37. The summed E-state index contributed by atoms with van der Waals surface area (Å²) in [5.41, 5.74) is 1.27. The minimum absolute atomic E-state index is 0.0360. The van der Waals surface area contributed by atoms with Crippen LogP contribution in [0.3, 0.4) is 0 Å². The van der Waals surface area contributed by atoms with Crippen LogP contribution in [0.2, 0.25) is 0 Å². The van der Waals surface area contributed by atoms with Crippen molar-refractivity contribution in [2.24, 2.45) is 10.4 Å². The fourth-order valence-corrected chi connectivity index (χ4v) is 4.70. The summed E-state index contributed by atoms with van der Waals surface area (Å²) in [5, 5.41) is 0. The van der Waals surface area contributed by atoms with Crippen molar-refractivity contribution in [3.05, 3.63) is 60.2 Å². The van der Waals surface area contributed by atoms with Gasteiger partial charge >= 0.3 is 0 Å². The molecule has 3 aromatic rings. The molecule has 5 rings (SSSR count). The molecule has 2 atom stereocenters. The van der Waals surface area contributed by atoms with E-state index in [1.54, 1.807) is 0 Å². The van der Waals surface area contributed by atoms with Crippen molar-refractivity contribution >= 4 is 22.8 Å². The highest BCUT2D eigenvalue weighted by Crippen LogP contribution is 2.36. The van der Waals surface area contributed by atoms with E-state index in [0.29, 0.717) is 11.9 Å². The van der Waals surface area contributed by atoms with Crippen LogP contribution in [0.15, 0.2) is 53.6 Å². The number of benzene rings is 1. The molecule has 0 amide bonds. The predicted octanol–water partition coefficient (Wildman–Crippen LogP) is 5.93. The second kappa shape index (κ2) is 8.08. The summed E-state index contributed by atoms with van der Waals surface area (Å²) in [6.45, 7) is 19.5. The van der Waals surface area contributed by atoms with E-state index in [9.17, 15) is 0 Å². The van der Waals surface area contributed by atoms with Crippen LogP contribution in [0, 0.1) is 5.41 Å². The highest BCUT2D eigenvalue weighted by atomic mass is 15.4. The first-order chi connectivity index (χ1) is 16.7. The number of nitrogens with zero attached hydrogens (tertiary/aromatic N) is 7. The number of para-hydroxylation sites is 2. The molecule has 3 heterocycles. The molecule has 2 aliphatic rings. The van der Waals surface area contributed by atoms with Crippen molar-refractivity contribution in [2.75, 3.05) is 4.90 Å². The first-order valence-corrected chi connectivity index (χ1v) is 12.7. The van der Waals surface area contributed by atoms with E-state index < -0.39 is 0 Å². The van der Waals surface area contributed by atoms with E-state index in [1.165, 1.54) is 0 Å². The third-order valence-corrected chi connectivity index (χ3v) is 6.48. The lowest BCUT2D eigenvalue weighted by atomic mass is 9.93. The molecule has 2 aromatic heterocycles. The smallest absolute Gasteiger partial charge is 0.240 e. The maximum Gasteiger partial charge on any atom is 0.240 e. The van der Waals surface area contributed by atoms with Gasteiger partial charge in [0.05, 0.1) is 23.1 Å². The molecule has 0 bridgehead atoms. The van der Waals surface area contributed by atoms with E-state index in [4.69, 9.17) is 24.9 Å². The molecule has 7 nitrogen and oxygen atoms in total. The molecule has 1 aliphatic heterocycles. The fraction of sp³-hybridized carbons (Fsp3) is 0.483. The molecule has 1 aliphatic carbocycles. The zero-order valence-corrected chi connectivity index (χ0v) is 22.9. The zero-order valence-electron chi connectivity index (χ0n) is 22.9. The van der Waals surface area contributed by atoms with E-state index in [0.717, 1.165) is 28.5 Å². The van der Waals surface area contributed by atoms with E-state index in [2.05, 4.69) is 102 Å². The van der Waals surface area contributed by atoms with Gasteiger partial charge in [0.15, 0.2) is 0 Å². The van der Waals surface area contributed by atoms with Crippen molar-refractivity contribution < 1.29 is 0 Å². The van der Waals surface area contributed by atoms with Crippen LogP contribution < -0.4 is 4.90 Å². The standard InChI is InChI=1S/C29H37N7/c1-27(2,3)22-32-25(35-20-16-12-10-14-18(20)30-23(35)28(4,5)6)34-26(33-22)36-21-17-13-11-15-19(21)31-24(36)29(7,8)9/h10-18,20H,1-9H3. The van der Waals surface area contributed by atoms with Crippen LogP contribution in [0.25, 0.3) is 17.0 Å². The Morgan fingerprint density at radius 2 is 1.36 bits per heavy atom. The molecule has 2 unspecified atom stereocenters. The minimum atomic E-state index is -0.273. The second-order valence-corrected chi connectivity index (χ2v) is 12.8. The molecule has 1 aromatic carbocycles. The van der Waals surface area contributed by atoms with Gasteiger partial charge in [-0.2, -0.15) is 15.0 Å². The number of imidazole rings is 1. The van der Waals surface area contributed by atoms with Gasteiger partial charge in [0.1, 0.15) is 17.5 Å². The second-order valence-electron chi connectivity index (χ2n) is 12.8. The number of hydrogen-bond acceptors (Lipinski definition) is 6. The summed E-state index contributed by atoms with van der Waals surface area (Å²) < 4.78 is 2.10. The van der Waals surface area contributed by atoms with Crippen molar-refractivity contribution in [2.45, 2.75) is 85.2 Å². The van der Waals surface area contributed by atoms with Gasteiger partial charge in [0, 0.05) is 16.2 Å². The molecule has 36 heavy (non-hydrogen) atoms. The van der Waals surface area contributed by atoms with Gasteiger partial charge < -0.3 is 0 Å². The zero-order chi connectivity index (χ0) is 26.0. The summed E-state index contributed by atoms with van der Waals surface area (Å²) in [7, 11) is 0. The third kappa shape index (κ3) is 4.14. The number of allylic oxidation sites excluding steroid dienone is 2. The van der Waals surface area contributed by atoms with Gasteiger partial charge in [-0.05, 0) is 12.1 Å². The fourth-order valence-electron chi connectivity index (χ4n) is 4.70. The van der Waals surface area contributed by atoms with Crippen LogP contribution >= 0.6 is 0 Å². The van der Waals surface area contributed by atoms with Crippen molar-refractivity contribution in [1.29, 1.82) is 0 Å².